The van der Waals surface area contributed by atoms with E-state index in [1.807, 2.05) is 37.4 Å². The molecule has 1 aromatic carbocycles. The monoisotopic (exact) mass is 258 g/mol. The van der Waals surface area contributed by atoms with Crippen LogP contribution in [0.5, 0.6) is 0 Å². The summed E-state index contributed by atoms with van der Waals surface area (Å²) >= 11 is 0. The average Bonchev–Trinajstić information content (AvgIpc) is 2.83. The van der Waals surface area contributed by atoms with Gasteiger partial charge in [-0.1, -0.05) is 25.5 Å². The van der Waals surface area contributed by atoms with Gasteiger partial charge in [-0.15, -0.1) is 0 Å². The van der Waals surface area contributed by atoms with Gasteiger partial charge in [0.1, 0.15) is 0 Å². The van der Waals surface area contributed by atoms with Crippen LogP contribution in [0.4, 0.5) is 0 Å². The number of fused-ring (bicyclic) bond motifs is 1. The second kappa shape index (κ2) is 4.38. The van der Waals surface area contributed by atoms with Crippen LogP contribution in [0.3, 0.4) is 0 Å². The van der Waals surface area contributed by atoms with E-state index >= 15 is 0 Å². The van der Waals surface area contributed by atoms with Crippen molar-refractivity contribution in [1.29, 1.82) is 0 Å². The van der Waals surface area contributed by atoms with Gasteiger partial charge < -0.3 is 15.0 Å². The fraction of sp³-hybridized carbons (Fsp3) is 0.400. The van der Waals surface area contributed by atoms with Crippen LogP contribution in [0.15, 0.2) is 30.5 Å². The first-order chi connectivity index (χ1) is 9.13. The van der Waals surface area contributed by atoms with Crippen LogP contribution in [-0.2, 0) is 0 Å². The smallest absolute Gasteiger partial charge is 0.256 e. The van der Waals surface area contributed by atoms with Gasteiger partial charge >= 0.3 is 0 Å². The Morgan fingerprint density at radius 1 is 1.42 bits per heavy atom. The average molecular weight is 258 g/mol. The molecular formula is C15H18N2O2. The van der Waals surface area contributed by atoms with Gasteiger partial charge in [-0.2, -0.15) is 0 Å². The number of benzene rings is 1. The summed E-state index contributed by atoms with van der Waals surface area (Å²) < 4.78 is 0. The molecule has 19 heavy (non-hydrogen) atoms. The molecule has 0 atom stereocenters. The molecule has 2 aromatic rings. The van der Waals surface area contributed by atoms with Crippen molar-refractivity contribution in [2.45, 2.75) is 25.4 Å². The van der Waals surface area contributed by atoms with Crippen LogP contribution in [-0.4, -0.2) is 39.6 Å². The molecule has 4 heteroatoms. The quantitative estimate of drug-likeness (QED) is 0.886. The minimum absolute atomic E-state index is 0.00571. The molecule has 1 fully saturated rings. The second-order valence-corrected chi connectivity index (χ2v) is 5.38. The Hall–Kier alpha value is -1.81. The van der Waals surface area contributed by atoms with E-state index in [0.29, 0.717) is 18.7 Å². The lowest BCUT2D eigenvalue weighted by Gasteiger charge is -2.46. The summed E-state index contributed by atoms with van der Waals surface area (Å²) in [6, 6.07) is 7.65. The first-order valence-electron chi connectivity index (χ1n) is 6.71. The number of nitrogens with one attached hydrogen (secondary N) is 1. The molecule has 1 aliphatic rings. The van der Waals surface area contributed by atoms with Crippen molar-refractivity contribution in [2.24, 2.45) is 0 Å². The standard InChI is InChI=1S/C15H18N2O2/c1-2-7-15(19)9-17(10-15)14(18)12-5-3-4-11-6-8-16-13(11)12/h3-6,8,16,19H,2,7,9-10H2,1H3. The number of rotatable bonds is 3. The van der Waals surface area contributed by atoms with Crippen molar-refractivity contribution in [3.05, 3.63) is 36.0 Å². The Bertz CT molecular complexity index is 611. The van der Waals surface area contributed by atoms with E-state index in [4.69, 9.17) is 0 Å². The van der Waals surface area contributed by atoms with Crippen LogP contribution in [0.1, 0.15) is 30.1 Å². The third kappa shape index (κ3) is 2.02. The van der Waals surface area contributed by atoms with Crippen LogP contribution in [0.2, 0.25) is 0 Å². The molecule has 3 rings (SSSR count). The maximum absolute atomic E-state index is 12.4. The van der Waals surface area contributed by atoms with E-state index in [0.717, 1.165) is 23.7 Å². The van der Waals surface area contributed by atoms with Gasteiger partial charge in [0.15, 0.2) is 0 Å². The highest BCUT2D eigenvalue weighted by Gasteiger charge is 2.43. The lowest BCUT2D eigenvalue weighted by atomic mass is 9.88. The number of nitrogens with zero attached hydrogens (tertiary/aromatic N) is 1. The first-order valence-corrected chi connectivity index (χ1v) is 6.71. The van der Waals surface area contributed by atoms with Gasteiger partial charge in [0.2, 0.25) is 0 Å². The van der Waals surface area contributed by atoms with Gasteiger partial charge in [-0.05, 0) is 18.6 Å². The number of carbonyl (C=O) groups is 1. The fourth-order valence-electron chi connectivity index (χ4n) is 2.86. The van der Waals surface area contributed by atoms with E-state index in [1.54, 1.807) is 4.90 Å². The zero-order valence-electron chi connectivity index (χ0n) is 11.0. The predicted molar refractivity (Wildman–Crippen MR) is 74.1 cm³/mol. The summed E-state index contributed by atoms with van der Waals surface area (Å²) in [7, 11) is 0. The lowest BCUT2D eigenvalue weighted by Crippen LogP contribution is -2.63. The minimum Gasteiger partial charge on any atom is -0.386 e. The van der Waals surface area contributed by atoms with E-state index in [-0.39, 0.29) is 5.91 Å². The molecule has 0 radical (unpaired) electrons. The van der Waals surface area contributed by atoms with Gasteiger partial charge in [0, 0.05) is 11.6 Å². The van der Waals surface area contributed by atoms with Gasteiger partial charge in [-0.3, -0.25) is 4.79 Å². The molecule has 1 aromatic heterocycles. The van der Waals surface area contributed by atoms with Crippen molar-refractivity contribution < 1.29 is 9.90 Å². The summed E-state index contributed by atoms with van der Waals surface area (Å²) in [5.74, 6) is -0.00571. The molecule has 0 unspecified atom stereocenters. The maximum Gasteiger partial charge on any atom is 0.256 e. The fourth-order valence-corrected chi connectivity index (χ4v) is 2.86. The Balaban J connectivity index is 1.81. The third-order valence-corrected chi connectivity index (χ3v) is 3.79. The number of aliphatic hydroxyl groups is 1. The van der Waals surface area contributed by atoms with E-state index in [1.165, 1.54) is 0 Å². The molecule has 1 amide bonds. The normalized spacial score (nSPS) is 17.5. The topological polar surface area (TPSA) is 56.3 Å². The highest BCUT2D eigenvalue weighted by Crippen LogP contribution is 2.28. The number of hydrogen-bond acceptors (Lipinski definition) is 2. The number of hydrogen-bond donors (Lipinski definition) is 2. The van der Waals surface area contributed by atoms with Gasteiger partial charge in [-0.25, -0.2) is 0 Å². The summed E-state index contributed by atoms with van der Waals surface area (Å²) in [5, 5.41) is 11.2. The molecule has 0 saturated carbocycles. The summed E-state index contributed by atoms with van der Waals surface area (Å²) in [6.07, 6.45) is 3.53. The van der Waals surface area contributed by atoms with Crippen molar-refractivity contribution in [3.8, 4) is 0 Å². The predicted octanol–water partition coefficient (Wildman–Crippen LogP) is 2.15. The van der Waals surface area contributed by atoms with Crippen molar-refractivity contribution in [2.75, 3.05) is 13.1 Å². The summed E-state index contributed by atoms with van der Waals surface area (Å²) in [6.45, 7) is 2.93. The molecular weight excluding hydrogens is 240 g/mol. The third-order valence-electron chi connectivity index (χ3n) is 3.79. The maximum atomic E-state index is 12.4. The number of para-hydroxylation sites is 1. The van der Waals surface area contributed by atoms with E-state index in [9.17, 15) is 9.90 Å². The second-order valence-electron chi connectivity index (χ2n) is 5.38. The molecule has 0 bridgehead atoms. The molecule has 2 N–H and O–H groups in total. The number of aromatic amines is 1. The molecule has 100 valence electrons. The number of carbonyl (C=O) groups excluding carboxylic acids is 1. The van der Waals surface area contributed by atoms with Crippen molar-refractivity contribution >= 4 is 16.8 Å². The molecule has 2 heterocycles. The zero-order chi connectivity index (χ0) is 13.5. The number of H-pyrrole nitrogens is 1. The van der Waals surface area contributed by atoms with Gasteiger partial charge in [0.25, 0.3) is 5.91 Å². The van der Waals surface area contributed by atoms with Crippen LogP contribution in [0, 0.1) is 0 Å². The summed E-state index contributed by atoms with van der Waals surface area (Å²) in [5.41, 5.74) is 0.882. The number of aromatic nitrogens is 1. The Morgan fingerprint density at radius 3 is 2.95 bits per heavy atom. The Labute approximate surface area is 112 Å². The molecule has 1 aliphatic heterocycles. The number of likely N-dealkylation sites (tertiary alicyclic amines) is 1. The Morgan fingerprint density at radius 2 is 2.21 bits per heavy atom. The van der Waals surface area contributed by atoms with E-state index in [2.05, 4.69) is 4.98 Å². The Kier molecular flexibility index (Phi) is 2.82. The van der Waals surface area contributed by atoms with Crippen LogP contribution >= 0.6 is 0 Å². The number of β-amino-alcohol motifs (C(OH)–C–C–N with tert-alkyl or cyclic N) is 1. The summed E-state index contributed by atoms with van der Waals surface area (Å²) in [4.78, 5) is 17.2. The SMILES string of the molecule is CCCC1(O)CN(C(=O)c2cccc3cc[nH]c23)C1. The highest BCUT2D eigenvalue weighted by atomic mass is 16.3. The molecule has 0 spiro atoms. The highest BCUT2D eigenvalue weighted by molar-refractivity contribution is 6.06. The van der Waals surface area contributed by atoms with Crippen LogP contribution < -0.4 is 0 Å². The van der Waals surface area contributed by atoms with Gasteiger partial charge in [0.05, 0.1) is 29.8 Å². The van der Waals surface area contributed by atoms with Crippen molar-refractivity contribution in [1.82, 2.24) is 9.88 Å². The molecule has 0 aliphatic carbocycles. The van der Waals surface area contributed by atoms with Crippen LogP contribution in [0.25, 0.3) is 10.9 Å². The van der Waals surface area contributed by atoms with E-state index < -0.39 is 5.60 Å². The van der Waals surface area contributed by atoms with Crippen molar-refractivity contribution in [3.63, 3.8) is 0 Å². The lowest BCUT2D eigenvalue weighted by molar-refractivity contribution is -0.0859. The minimum atomic E-state index is -0.673. The first kappa shape index (κ1) is 12.2. The number of amides is 1. The molecule has 4 nitrogen and oxygen atoms in total. The largest absolute Gasteiger partial charge is 0.386 e. The molecule has 1 saturated heterocycles. The zero-order valence-corrected chi connectivity index (χ0v) is 11.0.